The Morgan fingerprint density at radius 2 is 2.14 bits per heavy atom. The molecule has 0 atom stereocenters. The van der Waals surface area contributed by atoms with Gasteiger partial charge in [-0.3, -0.25) is 4.79 Å². The van der Waals surface area contributed by atoms with Crippen molar-refractivity contribution >= 4 is 44.9 Å². The van der Waals surface area contributed by atoms with Gasteiger partial charge in [0, 0.05) is 20.5 Å². The summed E-state index contributed by atoms with van der Waals surface area (Å²) in [6, 6.07) is 11.5. The van der Waals surface area contributed by atoms with Crippen molar-refractivity contribution < 1.29 is 4.79 Å². The average Bonchev–Trinajstić information content (AvgIpc) is 2.91. The Morgan fingerprint density at radius 3 is 2.76 bits per heavy atom. The van der Waals surface area contributed by atoms with Crippen LogP contribution < -0.4 is 5.32 Å². The fraction of sp³-hybridized carbons (Fsp3) is 0.200. The lowest BCUT2D eigenvalue weighted by molar-refractivity contribution is -0.118. The number of amides is 1. The van der Waals surface area contributed by atoms with E-state index >= 15 is 0 Å². The van der Waals surface area contributed by atoms with E-state index in [1.54, 1.807) is 35.2 Å². The van der Waals surface area contributed by atoms with Crippen molar-refractivity contribution in [2.75, 3.05) is 5.75 Å². The van der Waals surface area contributed by atoms with Crippen LogP contribution in [-0.2, 0) is 17.1 Å². The number of nitrogens with zero attached hydrogens (tertiary/aromatic N) is 1. The van der Waals surface area contributed by atoms with E-state index in [0.717, 1.165) is 20.7 Å². The van der Waals surface area contributed by atoms with E-state index in [1.165, 1.54) is 0 Å². The van der Waals surface area contributed by atoms with Gasteiger partial charge in [-0.05, 0) is 39.7 Å². The summed E-state index contributed by atoms with van der Waals surface area (Å²) in [5.41, 5.74) is 1.78. The molecule has 1 heterocycles. The monoisotopic (exact) mass is 380 g/mol. The van der Waals surface area contributed by atoms with Crippen LogP contribution in [0.15, 0.2) is 40.2 Å². The van der Waals surface area contributed by atoms with Crippen molar-refractivity contribution in [3.63, 3.8) is 0 Å². The number of nitrogens with one attached hydrogen (secondary N) is 1. The molecule has 0 unspecified atom stereocenters. The molecule has 1 amide bonds. The van der Waals surface area contributed by atoms with Gasteiger partial charge in [0.2, 0.25) is 5.91 Å². The lowest BCUT2D eigenvalue weighted by Gasteiger charge is -2.04. The van der Waals surface area contributed by atoms with Crippen LogP contribution in [0.5, 0.6) is 0 Å². The van der Waals surface area contributed by atoms with E-state index in [1.807, 2.05) is 23.6 Å². The van der Waals surface area contributed by atoms with Gasteiger partial charge in [0.1, 0.15) is 0 Å². The van der Waals surface area contributed by atoms with E-state index < -0.39 is 0 Å². The molecule has 1 aromatic carbocycles. The quantitative estimate of drug-likeness (QED) is 0.825. The molecule has 0 spiro atoms. The molecule has 1 aromatic heterocycles. The van der Waals surface area contributed by atoms with Crippen LogP contribution in [0.4, 0.5) is 0 Å². The van der Waals surface area contributed by atoms with Gasteiger partial charge in [-0.1, -0.05) is 12.1 Å². The largest absolute Gasteiger partial charge is 0.350 e. The first-order valence-electron chi connectivity index (χ1n) is 6.24. The third-order valence-corrected chi connectivity index (χ3v) is 5.37. The smallest absolute Gasteiger partial charge is 0.230 e. The first-order chi connectivity index (χ1) is 10.2. The van der Waals surface area contributed by atoms with Crippen LogP contribution in [0.25, 0.3) is 0 Å². The second kappa shape index (κ2) is 8.23. The van der Waals surface area contributed by atoms with Crippen LogP contribution >= 0.6 is 39.0 Å². The Labute approximate surface area is 140 Å². The highest BCUT2D eigenvalue weighted by Crippen LogP contribution is 2.19. The number of rotatable bonds is 6. The molecule has 2 aromatic rings. The fourth-order valence-corrected chi connectivity index (χ4v) is 3.83. The SMILES string of the molecule is N#Cc1ccc(CSCC(=O)NCc2cc(Br)cs2)cc1. The molecule has 0 aliphatic heterocycles. The number of hydrogen-bond donors (Lipinski definition) is 1. The summed E-state index contributed by atoms with van der Waals surface area (Å²) in [7, 11) is 0. The summed E-state index contributed by atoms with van der Waals surface area (Å²) >= 11 is 6.58. The normalized spacial score (nSPS) is 10.1. The van der Waals surface area contributed by atoms with Gasteiger partial charge in [0.05, 0.1) is 23.9 Å². The van der Waals surface area contributed by atoms with Gasteiger partial charge < -0.3 is 5.32 Å². The highest BCUT2D eigenvalue weighted by Gasteiger charge is 2.04. The van der Waals surface area contributed by atoms with Crippen LogP contribution in [0, 0.1) is 11.3 Å². The minimum atomic E-state index is 0.0400. The number of carbonyl (C=O) groups is 1. The molecule has 0 saturated heterocycles. The Hall–Kier alpha value is -1.29. The minimum Gasteiger partial charge on any atom is -0.350 e. The number of carbonyl (C=O) groups excluding carboxylic acids is 1. The average molecular weight is 381 g/mol. The minimum absolute atomic E-state index is 0.0400. The molecule has 6 heteroatoms. The molecule has 3 nitrogen and oxygen atoms in total. The molecule has 21 heavy (non-hydrogen) atoms. The number of thiophene rings is 1. The molecule has 0 bridgehead atoms. The first kappa shape index (κ1) is 16.1. The van der Waals surface area contributed by atoms with Crippen LogP contribution in [-0.4, -0.2) is 11.7 Å². The van der Waals surface area contributed by atoms with Gasteiger partial charge in [-0.2, -0.15) is 5.26 Å². The molecule has 0 saturated carbocycles. The standard InChI is InChI=1S/C15H13BrN2OS2/c16-13-5-14(21-9-13)7-18-15(19)10-20-8-12-3-1-11(6-17)2-4-12/h1-5,9H,7-8,10H2,(H,18,19). The highest BCUT2D eigenvalue weighted by atomic mass is 79.9. The number of benzene rings is 1. The topological polar surface area (TPSA) is 52.9 Å². The van der Waals surface area contributed by atoms with E-state index in [-0.39, 0.29) is 5.91 Å². The Morgan fingerprint density at radius 1 is 1.38 bits per heavy atom. The molecular weight excluding hydrogens is 368 g/mol. The summed E-state index contributed by atoms with van der Waals surface area (Å²) in [4.78, 5) is 12.9. The molecular formula is C15H13BrN2OS2. The zero-order valence-corrected chi connectivity index (χ0v) is 14.4. The van der Waals surface area contributed by atoms with Crippen molar-refractivity contribution in [3.05, 3.63) is 56.2 Å². The predicted octanol–water partition coefficient (Wildman–Crippen LogP) is 3.93. The third kappa shape index (κ3) is 5.54. The lowest BCUT2D eigenvalue weighted by Crippen LogP contribution is -2.24. The fourth-order valence-electron chi connectivity index (χ4n) is 1.62. The Bertz CT molecular complexity index is 646. The lowest BCUT2D eigenvalue weighted by atomic mass is 10.2. The second-order valence-corrected chi connectivity index (χ2v) is 7.21. The van der Waals surface area contributed by atoms with E-state index in [4.69, 9.17) is 5.26 Å². The summed E-state index contributed by atoms with van der Waals surface area (Å²) in [5.74, 6) is 1.24. The number of thioether (sulfide) groups is 1. The molecule has 0 aliphatic carbocycles. The van der Waals surface area contributed by atoms with Crippen molar-refractivity contribution in [1.29, 1.82) is 5.26 Å². The van der Waals surface area contributed by atoms with Crippen molar-refractivity contribution in [2.45, 2.75) is 12.3 Å². The van der Waals surface area contributed by atoms with Gasteiger partial charge in [0.15, 0.2) is 0 Å². The van der Waals surface area contributed by atoms with Crippen LogP contribution in [0.2, 0.25) is 0 Å². The Balaban J connectivity index is 1.68. The van der Waals surface area contributed by atoms with Gasteiger partial charge >= 0.3 is 0 Å². The van der Waals surface area contributed by atoms with E-state index in [9.17, 15) is 4.79 Å². The molecule has 1 N–H and O–H groups in total. The number of hydrogen-bond acceptors (Lipinski definition) is 4. The maximum atomic E-state index is 11.7. The summed E-state index contributed by atoms with van der Waals surface area (Å²) in [6.45, 7) is 0.576. The van der Waals surface area contributed by atoms with Crippen molar-refractivity contribution in [3.8, 4) is 6.07 Å². The number of halogens is 1. The summed E-state index contributed by atoms with van der Waals surface area (Å²) in [6.07, 6.45) is 0. The molecule has 2 rings (SSSR count). The highest BCUT2D eigenvalue weighted by molar-refractivity contribution is 9.10. The maximum absolute atomic E-state index is 11.7. The maximum Gasteiger partial charge on any atom is 0.230 e. The van der Waals surface area contributed by atoms with Gasteiger partial charge in [0.25, 0.3) is 0 Å². The van der Waals surface area contributed by atoms with Crippen molar-refractivity contribution in [1.82, 2.24) is 5.32 Å². The van der Waals surface area contributed by atoms with E-state index in [2.05, 4.69) is 27.3 Å². The van der Waals surface area contributed by atoms with E-state index in [0.29, 0.717) is 17.9 Å². The molecule has 0 fully saturated rings. The van der Waals surface area contributed by atoms with Gasteiger partial charge in [-0.25, -0.2) is 0 Å². The summed E-state index contributed by atoms with van der Waals surface area (Å²) in [5, 5.41) is 13.6. The van der Waals surface area contributed by atoms with Crippen molar-refractivity contribution in [2.24, 2.45) is 0 Å². The number of nitriles is 1. The van der Waals surface area contributed by atoms with Crippen LogP contribution in [0.1, 0.15) is 16.0 Å². The first-order valence-corrected chi connectivity index (χ1v) is 9.06. The zero-order chi connectivity index (χ0) is 15.1. The molecule has 108 valence electrons. The molecule has 0 aliphatic rings. The van der Waals surface area contributed by atoms with Crippen LogP contribution in [0.3, 0.4) is 0 Å². The Kier molecular flexibility index (Phi) is 6.30. The third-order valence-electron chi connectivity index (χ3n) is 2.67. The summed E-state index contributed by atoms with van der Waals surface area (Å²) < 4.78 is 1.05. The molecule has 0 radical (unpaired) electrons. The second-order valence-electron chi connectivity index (χ2n) is 4.31. The predicted molar refractivity (Wildman–Crippen MR) is 91.2 cm³/mol. The zero-order valence-electron chi connectivity index (χ0n) is 11.1. The van der Waals surface area contributed by atoms with Gasteiger partial charge in [-0.15, -0.1) is 23.1 Å².